The second-order valence-electron chi connectivity index (χ2n) is 5.14. The highest BCUT2D eigenvalue weighted by Gasteiger charge is 2.31. The Morgan fingerprint density at radius 2 is 2.04 bits per heavy atom. The number of benzene rings is 2. The Morgan fingerprint density at radius 3 is 2.72 bits per heavy atom. The summed E-state index contributed by atoms with van der Waals surface area (Å²) >= 11 is 3.22. The first-order chi connectivity index (χ1) is 11.8. The molecular weight excluding hydrogens is 371 g/mol. The summed E-state index contributed by atoms with van der Waals surface area (Å²) in [5.74, 6) is -0.341. The molecule has 2 aromatic carbocycles. The van der Waals surface area contributed by atoms with Crippen molar-refractivity contribution in [1.82, 2.24) is 4.98 Å². The predicted molar refractivity (Wildman–Crippen MR) is 96.3 cm³/mol. The van der Waals surface area contributed by atoms with E-state index in [4.69, 9.17) is 5.73 Å². The highest BCUT2D eigenvalue weighted by atomic mass is 32.2. The van der Waals surface area contributed by atoms with Crippen LogP contribution in [0.4, 0.5) is 24.5 Å². The monoisotopic (exact) mass is 385 g/mol. The van der Waals surface area contributed by atoms with E-state index in [-0.39, 0.29) is 11.4 Å². The van der Waals surface area contributed by atoms with Gasteiger partial charge in [0.25, 0.3) is 0 Å². The van der Waals surface area contributed by atoms with E-state index in [1.807, 2.05) is 24.5 Å². The number of nitrogens with zero attached hydrogens (tertiary/aromatic N) is 1. The van der Waals surface area contributed by atoms with Gasteiger partial charge in [-0.15, -0.1) is 24.5 Å². The molecule has 3 N–H and O–H groups in total. The Hall–Kier alpha value is -2.13. The van der Waals surface area contributed by atoms with Gasteiger partial charge in [-0.1, -0.05) is 17.8 Å². The molecule has 0 atom stereocenters. The van der Waals surface area contributed by atoms with Crippen LogP contribution in [0.2, 0.25) is 0 Å². The number of hydrogen-bond donors (Lipinski definition) is 2. The Bertz CT molecular complexity index is 896. The van der Waals surface area contributed by atoms with Gasteiger partial charge in [0.05, 0.1) is 21.6 Å². The molecule has 1 heterocycles. The van der Waals surface area contributed by atoms with Crippen molar-refractivity contribution in [2.24, 2.45) is 0 Å². The van der Waals surface area contributed by atoms with Gasteiger partial charge in [-0.25, -0.2) is 4.98 Å². The van der Waals surface area contributed by atoms with Gasteiger partial charge in [-0.2, -0.15) is 0 Å². The molecule has 0 amide bonds. The van der Waals surface area contributed by atoms with Gasteiger partial charge in [0.1, 0.15) is 5.75 Å². The number of hydrogen-bond acceptors (Lipinski definition) is 6. The summed E-state index contributed by atoms with van der Waals surface area (Å²) in [6.45, 7) is 0.492. The summed E-state index contributed by atoms with van der Waals surface area (Å²) in [6, 6.07) is 9.78. The van der Waals surface area contributed by atoms with E-state index in [0.29, 0.717) is 12.2 Å². The fourth-order valence-corrected chi connectivity index (χ4v) is 3.79. The molecule has 4 nitrogen and oxygen atoms in total. The van der Waals surface area contributed by atoms with E-state index < -0.39 is 6.36 Å². The largest absolute Gasteiger partial charge is 0.573 e. The van der Waals surface area contributed by atoms with Crippen molar-refractivity contribution in [3.8, 4) is 5.75 Å². The van der Waals surface area contributed by atoms with Crippen LogP contribution in [0.15, 0.2) is 40.7 Å². The minimum Gasteiger partial charge on any atom is -0.406 e. The smallest absolute Gasteiger partial charge is 0.406 e. The molecule has 0 fully saturated rings. The number of nitrogen functional groups attached to an aromatic ring is 1. The van der Waals surface area contributed by atoms with Crippen LogP contribution in [-0.4, -0.2) is 17.6 Å². The minimum absolute atomic E-state index is 0.185. The third-order valence-corrected chi connectivity index (χ3v) is 5.35. The van der Waals surface area contributed by atoms with Gasteiger partial charge in [-0.05, 0) is 36.1 Å². The van der Waals surface area contributed by atoms with E-state index in [9.17, 15) is 13.2 Å². The maximum Gasteiger partial charge on any atom is 0.573 e. The highest BCUT2D eigenvalue weighted by Crippen LogP contribution is 2.30. The number of ether oxygens (including phenoxy) is 1. The number of thiazole rings is 1. The first-order valence-corrected chi connectivity index (χ1v) is 9.21. The van der Waals surface area contributed by atoms with Crippen molar-refractivity contribution in [3.63, 3.8) is 0 Å². The van der Waals surface area contributed by atoms with Crippen molar-refractivity contribution in [3.05, 3.63) is 42.0 Å². The normalized spacial score (nSPS) is 11.7. The first kappa shape index (κ1) is 17.7. The van der Waals surface area contributed by atoms with Gasteiger partial charge in [0, 0.05) is 12.6 Å². The zero-order valence-electron chi connectivity index (χ0n) is 13.1. The average molecular weight is 385 g/mol. The van der Waals surface area contributed by atoms with Gasteiger partial charge in [0.15, 0.2) is 4.34 Å². The van der Waals surface area contributed by atoms with E-state index in [1.54, 1.807) is 23.1 Å². The van der Waals surface area contributed by atoms with Gasteiger partial charge in [0.2, 0.25) is 0 Å². The third-order valence-electron chi connectivity index (χ3n) is 3.35. The van der Waals surface area contributed by atoms with Crippen molar-refractivity contribution < 1.29 is 17.9 Å². The second kappa shape index (κ2) is 7.01. The van der Waals surface area contributed by atoms with Crippen LogP contribution in [0.3, 0.4) is 0 Å². The maximum absolute atomic E-state index is 12.2. The summed E-state index contributed by atoms with van der Waals surface area (Å²) in [7, 11) is 0. The Labute approximate surface area is 150 Å². The molecule has 0 bridgehead atoms. The van der Waals surface area contributed by atoms with Crippen LogP contribution < -0.4 is 15.8 Å². The van der Waals surface area contributed by atoms with Crippen LogP contribution in [-0.2, 0) is 6.54 Å². The lowest BCUT2D eigenvalue weighted by atomic mass is 10.2. The highest BCUT2D eigenvalue weighted by molar-refractivity contribution is 8.00. The first-order valence-electron chi connectivity index (χ1n) is 7.16. The Kier molecular flexibility index (Phi) is 4.96. The molecule has 3 rings (SSSR count). The number of nitrogens with one attached hydrogen (secondary N) is 1. The fourth-order valence-electron chi connectivity index (χ4n) is 2.24. The van der Waals surface area contributed by atoms with Gasteiger partial charge >= 0.3 is 6.36 Å². The Morgan fingerprint density at radius 1 is 1.24 bits per heavy atom. The number of alkyl halides is 3. The summed E-state index contributed by atoms with van der Waals surface area (Å²) < 4.78 is 42.6. The van der Waals surface area contributed by atoms with Crippen LogP contribution in [0, 0.1) is 0 Å². The molecule has 9 heteroatoms. The Balaban J connectivity index is 1.70. The maximum atomic E-state index is 12.2. The summed E-state index contributed by atoms with van der Waals surface area (Å²) in [5.41, 5.74) is 8.50. The summed E-state index contributed by atoms with van der Waals surface area (Å²) in [6.07, 6.45) is -2.75. The standard InChI is InChI=1S/C16H14F3N3OS2/c1-24-15-22-13-4-2-9(6-14(13)25-15)8-21-12-5-3-10(7-11(12)20)23-16(17,18)19/h2-7,21H,8,20H2,1H3. The minimum atomic E-state index is -4.73. The van der Waals surface area contributed by atoms with Crippen LogP contribution in [0.5, 0.6) is 5.75 Å². The van der Waals surface area contributed by atoms with E-state index in [1.165, 1.54) is 12.1 Å². The number of anilines is 2. The van der Waals surface area contributed by atoms with Crippen molar-refractivity contribution in [1.29, 1.82) is 0 Å². The molecule has 1 aromatic heterocycles. The van der Waals surface area contributed by atoms with Crippen molar-refractivity contribution in [2.75, 3.05) is 17.3 Å². The van der Waals surface area contributed by atoms with Crippen LogP contribution in [0.25, 0.3) is 10.2 Å². The third kappa shape index (κ3) is 4.49. The second-order valence-corrected chi connectivity index (χ2v) is 7.22. The van der Waals surface area contributed by atoms with Crippen molar-refractivity contribution >= 4 is 44.7 Å². The number of nitrogens with two attached hydrogens (primary N) is 1. The molecule has 0 aliphatic rings. The molecule has 0 aliphatic heterocycles. The number of fused-ring (bicyclic) bond motifs is 1. The quantitative estimate of drug-likeness (QED) is 0.472. The molecule has 0 spiro atoms. The zero-order chi connectivity index (χ0) is 18.0. The molecule has 0 saturated carbocycles. The van der Waals surface area contributed by atoms with Crippen LogP contribution in [0.1, 0.15) is 5.56 Å². The molecule has 25 heavy (non-hydrogen) atoms. The molecule has 0 radical (unpaired) electrons. The number of rotatable bonds is 5. The zero-order valence-corrected chi connectivity index (χ0v) is 14.7. The summed E-state index contributed by atoms with van der Waals surface area (Å²) in [5, 5.41) is 3.12. The molecule has 0 aliphatic carbocycles. The topological polar surface area (TPSA) is 60.2 Å². The van der Waals surface area contributed by atoms with E-state index in [2.05, 4.69) is 15.0 Å². The van der Waals surface area contributed by atoms with Gasteiger partial charge in [-0.3, -0.25) is 0 Å². The SMILES string of the molecule is CSc1nc2ccc(CNc3ccc(OC(F)(F)F)cc3N)cc2s1. The molecule has 3 aromatic rings. The number of halogens is 3. The van der Waals surface area contributed by atoms with E-state index in [0.717, 1.165) is 26.2 Å². The molecule has 0 saturated heterocycles. The fraction of sp³-hybridized carbons (Fsp3) is 0.188. The lowest BCUT2D eigenvalue weighted by molar-refractivity contribution is -0.274. The van der Waals surface area contributed by atoms with E-state index >= 15 is 0 Å². The summed E-state index contributed by atoms with van der Waals surface area (Å²) in [4.78, 5) is 4.48. The number of aromatic nitrogens is 1. The predicted octanol–water partition coefficient (Wildman–Crippen LogP) is 5.11. The van der Waals surface area contributed by atoms with Crippen LogP contribution >= 0.6 is 23.1 Å². The number of thioether (sulfide) groups is 1. The molecule has 132 valence electrons. The molecule has 0 unspecified atom stereocenters. The lowest BCUT2D eigenvalue weighted by Gasteiger charge is -2.13. The molecular formula is C16H14F3N3OS2. The van der Waals surface area contributed by atoms with Gasteiger partial charge < -0.3 is 15.8 Å². The van der Waals surface area contributed by atoms with Crippen molar-refractivity contribution in [2.45, 2.75) is 17.2 Å². The lowest BCUT2D eigenvalue weighted by Crippen LogP contribution is -2.17. The average Bonchev–Trinajstić information content (AvgIpc) is 2.95.